The number of hydrogen-bond donors (Lipinski definition) is 1. The Balaban J connectivity index is 1.93. The van der Waals surface area contributed by atoms with Crippen molar-refractivity contribution in [1.29, 1.82) is 0 Å². The van der Waals surface area contributed by atoms with Gasteiger partial charge in [-0.15, -0.1) is 0 Å². The van der Waals surface area contributed by atoms with Crippen LogP contribution >= 0.6 is 11.6 Å². The van der Waals surface area contributed by atoms with Crippen molar-refractivity contribution in [3.05, 3.63) is 29.0 Å². The Labute approximate surface area is 101 Å². The SMILES string of the molecule is CC1CN(Cc2ccc(Cl)nc2)CCC1O. The van der Waals surface area contributed by atoms with Gasteiger partial charge in [-0.25, -0.2) is 4.98 Å². The third-order valence-electron chi connectivity index (χ3n) is 3.14. The normalized spacial score (nSPS) is 26.9. The molecule has 1 N–H and O–H groups in total. The van der Waals surface area contributed by atoms with Crippen LogP contribution in [0.4, 0.5) is 0 Å². The highest BCUT2D eigenvalue weighted by Gasteiger charge is 2.23. The highest BCUT2D eigenvalue weighted by atomic mass is 35.5. The lowest BCUT2D eigenvalue weighted by Crippen LogP contribution is -2.41. The number of aliphatic hydroxyl groups is 1. The molecule has 1 aromatic rings. The molecule has 2 heterocycles. The lowest BCUT2D eigenvalue weighted by Gasteiger charge is -2.34. The summed E-state index contributed by atoms with van der Waals surface area (Å²) >= 11 is 5.74. The fourth-order valence-corrected chi connectivity index (χ4v) is 2.23. The van der Waals surface area contributed by atoms with Crippen molar-refractivity contribution in [3.63, 3.8) is 0 Å². The second-order valence-corrected chi connectivity index (χ2v) is 4.94. The van der Waals surface area contributed by atoms with Crippen LogP contribution in [-0.4, -0.2) is 34.2 Å². The molecule has 1 aromatic heterocycles. The molecule has 1 aliphatic heterocycles. The number of piperidine rings is 1. The van der Waals surface area contributed by atoms with Crippen molar-refractivity contribution in [1.82, 2.24) is 9.88 Å². The standard InChI is InChI=1S/C12H17ClN2O/c1-9-7-15(5-4-11(9)16)8-10-2-3-12(13)14-6-10/h2-3,6,9,11,16H,4-5,7-8H2,1H3. The van der Waals surface area contributed by atoms with Crippen LogP contribution in [0.25, 0.3) is 0 Å². The second kappa shape index (κ2) is 5.13. The Morgan fingerprint density at radius 3 is 3.00 bits per heavy atom. The monoisotopic (exact) mass is 240 g/mol. The molecule has 88 valence electrons. The van der Waals surface area contributed by atoms with Crippen molar-refractivity contribution >= 4 is 11.6 Å². The minimum Gasteiger partial charge on any atom is -0.393 e. The molecular weight excluding hydrogens is 224 g/mol. The first-order valence-corrected chi connectivity index (χ1v) is 6.04. The van der Waals surface area contributed by atoms with Gasteiger partial charge in [-0.2, -0.15) is 0 Å². The summed E-state index contributed by atoms with van der Waals surface area (Å²) in [6.07, 6.45) is 2.54. The minimum atomic E-state index is -0.139. The van der Waals surface area contributed by atoms with Gasteiger partial charge in [0.25, 0.3) is 0 Å². The van der Waals surface area contributed by atoms with Crippen LogP contribution in [0.5, 0.6) is 0 Å². The maximum atomic E-state index is 9.64. The summed E-state index contributed by atoms with van der Waals surface area (Å²) in [7, 11) is 0. The van der Waals surface area contributed by atoms with Crippen molar-refractivity contribution in [2.75, 3.05) is 13.1 Å². The smallest absolute Gasteiger partial charge is 0.129 e. The molecule has 1 fully saturated rings. The number of hydrogen-bond acceptors (Lipinski definition) is 3. The molecule has 2 unspecified atom stereocenters. The van der Waals surface area contributed by atoms with Gasteiger partial charge in [0, 0.05) is 25.8 Å². The summed E-state index contributed by atoms with van der Waals surface area (Å²) in [5.74, 6) is 0.356. The number of halogens is 1. The summed E-state index contributed by atoms with van der Waals surface area (Å²) in [5.41, 5.74) is 1.17. The van der Waals surface area contributed by atoms with Crippen LogP contribution in [0.1, 0.15) is 18.9 Å². The van der Waals surface area contributed by atoms with E-state index in [0.717, 1.165) is 26.1 Å². The topological polar surface area (TPSA) is 36.4 Å². The predicted octanol–water partition coefficient (Wildman–Crippen LogP) is 1.94. The van der Waals surface area contributed by atoms with Gasteiger partial charge in [0.1, 0.15) is 5.15 Å². The zero-order valence-corrected chi connectivity index (χ0v) is 10.2. The number of nitrogens with zero attached hydrogens (tertiary/aromatic N) is 2. The Bertz CT molecular complexity index is 341. The molecule has 2 rings (SSSR count). The lowest BCUT2D eigenvalue weighted by atomic mass is 9.96. The van der Waals surface area contributed by atoms with Gasteiger partial charge in [-0.3, -0.25) is 4.90 Å². The molecule has 1 aliphatic rings. The van der Waals surface area contributed by atoms with E-state index in [1.807, 2.05) is 18.3 Å². The summed E-state index contributed by atoms with van der Waals surface area (Å²) in [6, 6.07) is 3.82. The molecule has 0 bridgehead atoms. The third kappa shape index (κ3) is 2.94. The number of aromatic nitrogens is 1. The van der Waals surface area contributed by atoms with E-state index in [1.165, 1.54) is 5.56 Å². The summed E-state index contributed by atoms with van der Waals surface area (Å²) < 4.78 is 0. The Morgan fingerprint density at radius 1 is 1.56 bits per heavy atom. The maximum Gasteiger partial charge on any atom is 0.129 e. The molecular formula is C12H17ClN2O. The highest BCUT2D eigenvalue weighted by molar-refractivity contribution is 6.29. The second-order valence-electron chi connectivity index (χ2n) is 4.56. The van der Waals surface area contributed by atoms with E-state index in [2.05, 4.69) is 16.8 Å². The maximum absolute atomic E-state index is 9.64. The summed E-state index contributed by atoms with van der Waals surface area (Å²) in [6.45, 7) is 4.89. The highest BCUT2D eigenvalue weighted by Crippen LogP contribution is 2.18. The van der Waals surface area contributed by atoms with E-state index in [4.69, 9.17) is 11.6 Å². The Kier molecular flexibility index (Phi) is 3.79. The third-order valence-corrected chi connectivity index (χ3v) is 3.36. The van der Waals surface area contributed by atoms with Gasteiger partial charge in [0.15, 0.2) is 0 Å². The fraction of sp³-hybridized carbons (Fsp3) is 0.583. The van der Waals surface area contributed by atoms with Crippen molar-refractivity contribution in [3.8, 4) is 0 Å². The van der Waals surface area contributed by atoms with Gasteiger partial charge >= 0.3 is 0 Å². The predicted molar refractivity (Wildman–Crippen MR) is 64.3 cm³/mol. The van der Waals surface area contributed by atoms with Crippen molar-refractivity contribution in [2.45, 2.75) is 26.0 Å². The zero-order valence-electron chi connectivity index (χ0n) is 9.43. The van der Waals surface area contributed by atoms with E-state index >= 15 is 0 Å². The molecule has 16 heavy (non-hydrogen) atoms. The Morgan fingerprint density at radius 2 is 2.38 bits per heavy atom. The number of rotatable bonds is 2. The summed E-state index contributed by atoms with van der Waals surface area (Å²) in [5, 5.41) is 10.2. The number of aliphatic hydroxyl groups excluding tert-OH is 1. The average molecular weight is 241 g/mol. The largest absolute Gasteiger partial charge is 0.393 e. The molecule has 0 aliphatic carbocycles. The van der Waals surface area contributed by atoms with Crippen LogP contribution in [0.3, 0.4) is 0 Å². The van der Waals surface area contributed by atoms with Crippen LogP contribution in [0.15, 0.2) is 18.3 Å². The van der Waals surface area contributed by atoms with Gasteiger partial charge in [0.05, 0.1) is 6.10 Å². The molecule has 0 amide bonds. The van der Waals surface area contributed by atoms with Crippen LogP contribution in [-0.2, 0) is 6.54 Å². The minimum absolute atomic E-state index is 0.139. The van der Waals surface area contributed by atoms with E-state index in [-0.39, 0.29) is 6.10 Å². The molecule has 1 saturated heterocycles. The van der Waals surface area contributed by atoms with Crippen LogP contribution < -0.4 is 0 Å². The van der Waals surface area contributed by atoms with Gasteiger partial charge in [-0.1, -0.05) is 24.6 Å². The van der Waals surface area contributed by atoms with Gasteiger partial charge in [0.2, 0.25) is 0 Å². The average Bonchev–Trinajstić information content (AvgIpc) is 2.27. The molecule has 0 saturated carbocycles. The Hall–Kier alpha value is -0.640. The van der Waals surface area contributed by atoms with Gasteiger partial charge in [-0.05, 0) is 24.0 Å². The van der Waals surface area contributed by atoms with Crippen molar-refractivity contribution < 1.29 is 5.11 Å². The van der Waals surface area contributed by atoms with Crippen molar-refractivity contribution in [2.24, 2.45) is 5.92 Å². The fourth-order valence-electron chi connectivity index (χ4n) is 2.12. The summed E-state index contributed by atoms with van der Waals surface area (Å²) in [4.78, 5) is 6.42. The van der Waals surface area contributed by atoms with E-state index in [9.17, 15) is 5.11 Å². The number of likely N-dealkylation sites (tertiary alicyclic amines) is 1. The van der Waals surface area contributed by atoms with E-state index in [0.29, 0.717) is 11.1 Å². The van der Waals surface area contributed by atoms with E-state index < -0.39 is 0 Å². The first-order chi connectivity index (χ1) is 7.65. The van der Waals surface area contributed by atoms with E-state index in [1.54, 1.807) is 0 Å². The first-order valence-electron chi connectivity index (χ1n) is 5.66. The first kappa shape index (κ1) is 11.8. The molecule has 0 spiro atoms. The van der Waals surface area contributed by atoms with Crippen LogP contribution in [0.2, 0.25) is 5.15 Å². The molecule has 0 aromatic carbocycles. The molecule has 2 atom stereocenters. The zero-order chi connectivity index (χ0) is 11.5. The lowest BCUT2D eigenvalue weighted by molar-refractivity contribution is 0.0320. The number of pyridine rings is 1. The molecule has 4 heteroatoms. The van der Waals surface area contributed by atoms with Gasteiger partial charge < -0.3 is 5.11 Å². The molecule has 3 nitrogen and oxygen atoms in total. The van der Waals surface area contributed by atoms with Crippen LogP contribution in [0, 0.1) is 5.92 Å². The molecule has 0 radical (unpaired) electrons. The quantitative estimate of drug-likeness (QED) is 0.803.